The van der Waals surface area contributed by atoms with Gasteiger partial charge in [0.25, 0.3) is 0 Å². The summed E-state index contributed by atoms with van der Waals surface area (Å²) in [4.78, 5) is 20.3. The first-order valence-corrected chi connectivity index (χ1v) is 11.5. The first-order valence-electron chi connectivity index (χ1n) is 10.3. The molecule has 2 N–H and O–H groups in total. The minimum absolute atomic E-state index is 0.111. The number of nitrogens with zero attached hydrogens (tertiary/aromatic N) is 4. The SMILES string of the molecule is Cn1ccnc1-c1nc(NCCOO)c2c(-c3ccccc3Cl)c(-c3ccccc3)sc2n1. The molecule has 5 aromatic rings. The smallest absolute Gasteiger partial charge is 0.199 e. The molecule has 166 valence electrons. The summed E-state index contributed by atoms with van der Waals surface area (Å²) in [5.74, 6) is 1.80. The van der Waals surface area contributed by atoms with E-state index < -0.39 is 0 Å². The second-order valence-corrected chi connectivity index (χ2v) is 8.76. The molecule has 2 aromatic carbocycles. The van der Waals surface area contributed by atoms with Gasteiger partial charge >= 0.3 is 0 Å². The van der Waals surface area contributed by atoms with Gasteiger partial charge in [-0.05, 0) is 11.6 Å². The maximum absolute atomic E-state index is 8.82. The van der Waals surface area contributed by atoms with Crippen LogP contribution in [0.4, 0.5) is 5.82 Å². The van der Waals surface area contributed by atoms with E-state index in [0.717, 1.165) is 31.8 Å². The van der Waals surface area contributed by atoms with Crippen LogP contribution >= 0.6 is 22.9 Å². The number of benzene rings is 2. The van der Waals surface area contributed by atoms with Gasteiger partial charge in [0.15, 0.2) is 11.6 Å². The van der Waals surface area contributed by atoms with Crippen LogP contribution in [0.25, 0.3) is 43.4 Å². The van der Waals surface area contributed by atoms with E-state index in [0.29, 0.717) is 29.0 Å². The minimum atomic E-state index is 0.111. The van der Waals surface area contributed by atoms with Crippen LogP contribution in [0.1, 0.15) is 0 Å². The van der Waals surface area contributed by atoms with Gasteiger partial charge in [-0.25, -0.2) is 19.8 Å². The third-order valence-corrected chi connectivity index (χ3v) is 6.70. The van der Waals surface area contributed by atoms with Crippen LogP contribution in [0.15, 0.2) is 67.0 Å². The molecule has 0 bridgehead atoms. The summed E-state index contributed by atoms with van der Waals surface area (Å²) in [7, 11) is 1.90. The second kappa shape index (κ2) is 9.29. The van der Waals surface area contributed by atoms with Crippen LogP contribution < -0.4 is 5.32 Å². The number of rotatable bonds is 7. The van der Waals surface area contributed by atoms with Crippen molar-refractivity contribution in [2.45, 2.75) is 0 Å². The van der Waals surface area contributed by atoms with Crippen molar-refractivity contribution in [3.05, 3.63) is 72.0 Å². The molecule has 7 nitrogen and oxygen atoms in total. The Morgan fingerprint density at radius 1 is 1.09 bits per heavy atom. The van der Waals surface area contributed by atoms with Crippen molar-refractivity contribution in [3.8, 4) is 33.2 Å². The van der Waals surface area contributed by atoms with Crippen molar-refractivity contribution < 1.29 is 10.1 Å². The maximum atomic E-state index is 8.82. The average Bonchev–Trinajstić information content (AvgIpc) is 3.43. The molecule has 3 heterocycles. The van der Waals surface area contributed by atoms with Gasteiger partial charge in [0, 0.05) is 47.0 Å². The third kappa shape index (κ3) is 4.09. The minimum Gasteiger partial charge on any atom is -0.367 e. The summed E-state index contributed by atoms with van der Waals surface area (Å²) < 4.78 is 1.88. The number of fused-ring (bicyclic) bond motifs is 1. The molecule has 3 aromatic heterocycles. The molecule has 33 heavy (non-hydrogen) atoms. The summed E-state index contributed by atoms with van der Waals surface area (Å²) >= 11 is 8.25. The number of aryl methyl sites for hydroxylation is 1. The van der Waals surface area contributed by atoms with Crippen LogP contribution in [-0.2, 0) is 11.9 Å². The van der Waals surface area contributed by atoms with Gasteiger partial charge in [-0.15, -0.1) is 11.3 Å². The molecule has 0 amide bonds. The number of halogens is 1. The number of nitrogens with one attached hydrogen (secondary N) is 1. The van der Waals surface area contributed by atoms with Crippen molar-refractivity contribution in [3.63, 3.8) is 0 Å². The van der Waals surface area contributed by atoms with Crippen molar-refractivity contribution >= 4 is 39.0 Å². The van der Waals surface area contributed by atoms with Gasteiger partial charge in [0.2, 0.25) is 0 Å². The standard InChI is InChI=1S/C24H20ClN5O2S/c1-30-13-11-27-23(30)22-28-21(26-12-14-32-31)19-18(16-9-5-6-10-17(16)25)20(33-24(19)29-22)15-7-3-2-4-8-15/h2-11,13,31H,12,14H2,1H3,(H,26,28,29). The van der Waals surface area contributed by atoms with E-state index in [4.69, 9.17) is 26.8 Å². The number of thiophene rings is 1. The van der Waals surface area contributed by atoms with Crippen LogP contribution in [0.3, 0.4) is 0 Å². The van der Waals surface area contributed by atoms with E-state index in [-0.39, 0.29) is 6.61 Å². The Hall–Kier alpha value is -3.30. The Bertz CT molecular complexity index is 1420. The zero-order chi connectivity index (χ0) is 22.8. The fraction of sp³-hybridized carbons (Fsp3) is 0.125. The molecule has 0 atom stereocenters. The van der Waals surface area contributed by atoms with Crippen molar-refractivity contribution in [1.82, 2.24) is 19.5 Å². The molecule has 5 rings (SSSR count). The number of imidazole rings is 1. The normalized spacial score (nSPS) is 11.2. The highest BCUT2D eigenvalue weighted by Crippen LogP contribution is 2.48. The van der Waals surface area contributed by atoms with E-state index in [2.05, 4.69) is 27.3 Å². The van der Waals surface area contributed by atoms with Gasteiger partial charge in [0.05, 0.1) is 12.0 Å². The van der Waals surface area contributed by atoms with E-state index in [9.17, 15) is 0 Å². The lowest BCUT2D eigenvalue weighted by Gasteiger charge is -2.12. The molecule has 0 fully saturated rings. The molecule has 0 saturated carbocycles. The monoisotopic (exact) mass is 477 g/mol. The first-order chi connectivity index (χ1) is 16.2. The number of aromatic nitrogens is 4. The quantitative estimate of drug-likeness (QED) is 0.170. The Kier molecular flexibility index (Phi) is 6.06. The summed E-state index contributed by atoms with van der Waals surface area (Å²) in [6.07, 6.45) is 3.57. The zero-order valence-electron chi connectivity index (χ0n) is 17.7. The molecule has 0 spiro atoms. The third-order valence-electron chi connectivity index (χ3n) is 5.24. The Morgan fingerprint density at radius 2 is 1.88 bits per heavy atom. The van der Waals surface area contributed by atoms with Crippen molar-refractivity contribution in [2.75, 3.05) is 18.5 Å². The van der Waals surface area contributed by atoms with Crippen LogP contribution in [0.5, 0.6) is 0 Å². The molecule has 0 aliphatic heterocycles. The van der Waals surface area contributed by atoms with Crippen LogP contribution in [-0.4, -0.2) is 37.9 Å². The molecule has 9 heteroatoms. The van der Waals surface area contributed by atoms with Crippen molar-refractivity contribution in [1.29, 1.82) is 0 Å². The largest absolute Gasteiger partial charge is 0.367 e. The lowest BCUT2D eigenvalue weighted by Crippen LogP contribution is -2.10. The summed E-state index contributed by atoms with van der Waals surface area (Å²) in [5.41, 5.74) is 2.93. The number of anilines is 1. The topological polar surface area (TPSA) is 85.1 Å². The van der Waals surface area contributed by atoms with Crippen LogP contribution in [0.2, 0.25) is 5.02 Å². The lowest BCUT2D eigenvalue weighted by molar-refractivity contribution is -0.238. The van der Waals surface area contributed by atoms with E-state index in [1.807, 2.05) is 60.3 Å². The summed E-state index contributed by atoms with van der Waals surface area (Å²) in [6, 6.07) is 17.9. The lowest BCUT2D eigenvalue weighted by atomic mass is 9.99. The fourth-order valence-corrected chi connectivity index (χ4v) is 5.16. The van der Waals surface area contributed by atoms with E-state index >= 15 is 0 Å². The van der Waals surface area contributed by atoms with Gasteiger partial charge < -0.3 is 9.88 Å². The second-order valence-electron chi connectivity index (χ2n) is 7.35. The molecular weight excluding hydrogens is 458 g/mol. The highest BCUT2D eigenvalue weighted by molar-refractivity contribution is 7.22. The average molecular weight is 478 g/mol. The van der Waals surface area contributed by atoms with E-state index in [1.165, 1.54) is 0 Å². The zero-order valence-corrected chi connectivity index (χ0v) is 19.3. The molecule has 0 aliphatic carbocycles. The van der Waals surface area contributed by atoms with Gasteiger partial charge in [-0.2, -0.15) is 0 Å². The maximum Gasteiger partial charge on any atom is 0.199 e. The Labute approximate surface area is 199 Å². The first kappa shape index (κ1) is 21.5. The van der Waals surface area contributed by atoms with Crippen molar-refractivity contribution in [2.24, 2.45) is 7.05 Å². The van der Waals surface area contributed by atoms with E-state index in [1.54, 1.807) is 17.5 Å². The highest BCUT2D eigenvalue weighted by atomic mass is 35.5. The van der Waals surface area contributed by atoms with Crippen LogP contribution in [0, 0.1) is 0 Å². The van der Waals surface area contributed by atoms with Gasteiger partial charge in [0.1, 0.15) is 10.6 Å². The Morgan fingerprint density at radius 3 is 2.61 bits per heavy atom. The Balaban J connectivity index is 1.83. The predicted molar refractivity (Wildman–Crippen MR) is 133 cm³/mol. The highest BCUT2D eigenvalue weighted by Gasteiger charge is 2.23. The van der Waals surface area contributed by atoms with Gasteiger partial charge in [-0.1, -0.05) is 60.1 Å². The number of hydrogen-bond acceptors (Lipinski definition) is 7. The summed E-state index contributed by atoms with van der Waals surface area (Å²) in [6.45, 7) is 0.474. The molecule has 0 aliphatic rings. The fourth-order valence-electron chi connectivity index (χ4n) is 3.74. The molecule has 0 unspecified atom stereocenters. The molecule has 0 saturated heterocycles. The molecular formula is C24H20ClN5O2S. The number of hydrogen-bond donors (Lipinski definition) is 2. The summed E-state index contributed by atoms with van der Waals surface area (Å²) in [5, 5.41) is 13.6. The molecule has 0 radical (unpaired) electrons. The van der Waals surface area contributed by atoms with Gasteiger partial charge in [-0.3, -0.25) is 5.26 Å². The predicted octanol–water partition coefficient (Wildman–Crippen LogP) is 5.98.